The molecule has 1 saturated carbocycles. The summed E-state index contributed by atoms with van der Waals surface area (Å²) in [6.07, 6.45) is 2.34. The van der Waals surface area contributed by atoms with Gasteiger partial charge >= 0.3 is 0 Å². The van der Waals surface area contributed by atoms with Gasteiger partial charge in [0.2, 0.25) is 0 Å². The summed E-state index contributed by atoms with van der Waals surface area (Å²) in [6, 6.07) is 4.95. The molecule has 0 amide bonds. The molecule has 24 heavy (non-hydrogen) atoms. The lowest BCUT2D eigenvalue weighted by atomic mass is 10.0. The molecule has 2 unspecified atom stereocenters. The van der Waals surface area contributed by atoms with Crippen molar-refractivity contribution in [2.75, 3.05) is 26.2 Å². The Labute approximate surface area is 147 Å². The number of hydrogen-bond donors (Lipinski definition) is 2. The minimum absolute atomic E-state index is 0.0951. The fraction of sp³-hybridized carbons (Fsp3) is 0.588. The Hall–Kier alpha value is -1.37. The van der Waals surface area contributed by atoms with Crippen molar-refractivity contribution in [1.82, 2.24) is 10.2 Å². The van der Waals surface area contributed by atoms with E-state index in [4.69, 9.17) is 22.1 Å². The molecule has 1 heterocycles. The van der Waals surface area contributed by atoms with Crippen LogP contribution < -0.4 is 11.1 Å². The van der Waals surface area contributed by atoms with Crippen molar-refractivity contribution in [3.8, 4) is 0 Å². The molecular weight excluding hydrogens is 331 g/mol. The highest BCUT2D eigenvalue weighted by Crippen LogP contribution is 2.31. The first kappa shape index (κ1) is 17.5. The number of benzene rings is 1. The molecule has 3 rings (SSSR count). The molecule has 1 aliphatic carbocycles. The molecule has 7 heteroatoms. The molecule has 2 fully saturated rings. The Bertz CT molecular complexity index is 588. The molecular formula is C17H24ClFN4O. The van der Waals surface area contributed by atoms with Crippen molar-refractivity contribution in [2.45, 2.75) is 38.0 Å². The summed E-state index contributed by atoms with van der Waals surface area (Å²) in [6.45, 7) is 4.41. The number of halogens is 2. The lowest BCUT2D eigenvalue weighted by Gasteiger charge is -2.37. The second-order valence-electron chi connectivity index (χ2n) is 6.47. The third-order valence-corrected chi connectivity index (χ3v) is 4.74. The number of nitrogens with two attached hydrogens (primary N) is 1. The van der Waals surface area contributed by atoms with Crippen LogP contribution in [0.15, 0.2) is 23.2 Å². The first-order chi connectivity index (χ1) is 11.5. The Morgan fingerprint density at radius 3 is 3.00 bits per heavy atom. The number of morpholine rings is 1. The molecule has 132 valence electrons. The Morgan fingerprint density at radius 2 is 2.33 bits per heavy atom. The molecule has 0 bridgehead atoms. The predicted molar refractivity (Wildman–Crippen MR) is 93.8 cm³/mol. The lowest BCUT2D eigenvalue weighted by molar-refractivity contribution is -0.0336. The number of guanidine groups is 1. The molecule has 5 nitrogen and oxygen atoms in total. The highest BCUT2D eigenvalue weighted by atomic mass is 35.5. The van der Waals surface area contributed by atoms with E-state index in [-0.39, 0.29) is 18.0 Å². The maximum atomic E-state index is 14.5. The average Bonchev–Trinajstić information content (AvgIpc) is 3.34. The quantitative estimate of drug-likeness (QED) is 0.629. The smallest absolute Gasteiger partial charge is 0.188 e. The number of rotatable bonds is 5. The maximum Gasteiger partial charge on any atom is 0.188 e. The normalized spacial score (nSPS) is 24.0. The molecule has 0 aromatic heterocycles. The lowest BCUT2D eigenvalue weighted by Crippen LogP contribution is -2.44. The van der Waals surface area contributed by atoms with Crippen LogP contribution in [0, 0.1) is 5.82 Å². The van der Waals surface area contributed by atoms with Gasteiger partial charge in [0.05, 0.1) is 25.3 Å². The predicted octanol–water partition coefficient (Wildman–Crippen LogP) is 2.31. The van der Waals surface area contributed by atoms with Crippen molar-refractivity contribution in [3.05, 3.63) is 34.6 Å². The largest absolute Gasteiger partial charge is 0.376 e. The number of nitrogens with one attached hydrogen (secondary N) is 1. The Morgan fingerprint density at radius 1 is 1.54 bits per heavy atom. The van der Waals surface area contributed by atoms with Crippen LogP contribution in [0.1, 0.15) is 31.4 Å². The SMILES string of the molecule is CC1CN(C(CN=C(N)NC2CC2)c2c(F)cccc2Cl)CCO1. The highest BCUT2D eigenvalue weighted by Gasteiger charge is 2.29. The van der Waals surface area contributed by atoms with Gasteiger partial charge in [-0.1, -0.05) is 17.7 Å². The highest BCUT2D eigenvalue weighted by molar-refractivity contribution is 6.31. The minimum Gasteiger partial charge on any atom is -0.376 e. The molecule has 2 atom stereocenters. The van der Waals surface area contributed by atoms with Crippen LogP contribution in [-0.2, 0) is 4.74 Å². The van der Waals surface area contributed by atoms with Gasteiger partial charge < -0.3 is 15.8 Å². The molecule has 0 radical (unpaired) electrons. The third kappa shape index (κ3) is 4.37. The van der Waals surface area contributed by atoms with Crippen molar-refractivity contribution < 1.29 is 9.13 Å². The van der Waals surface area contributed by atoms with E-state index < -0.39 is 0 Å². The zero-order valence-electron chi connectivity index (χ0n) is 13.8. The molecule has 2 aliphatic rings. The summed E-state index contributed by atoms with van der Waals surface area (Å²) in [5, 5.41) is 3.58. The van der Waals surface area contributed by atoms with Crippen LogP contribution in [0.5, 0.6) is 0 Å². The Balaban J connectivity index is 1.82. The van der Waals surface area contributed by atoms with Gasteiger partial charge in [-0.2, -0.15) is 0 Å². The van der Waals surface area contributed by atoms with Gasteiger partial charge in [-0.3, -0.25) is 9.89 Å². The van der Waals surface area contributed by atoms with E-state index in [0.717, 1.165) is 12.8 Å². The van der Waals surface area contributed by atoms with E-state index in [0.29, 0.717) is 48.8 Å². The number of hydrogen-bond acceptors (Lipinski definition) is 3. The second-order valence-corrected chi connectivity index (χ2v) is 6.88. The molecule has 1 aliphatic heterocycles. The summed E-state index contributed by atoms with van der Waals surface area (Å²) >= 11 is 6.30. The van der Waals surface area contributed by atoms with Gasteiger partial charge in [-0.25, -0.2) is 4.39 Å². The summed E-state index contributed by atoms with van der Waals surface area (Å²) < 4.78 is 20.1. The van der Waals surface area contributed by atoms with Crippen molar-refractivity contribution in [3.63, 3.8) is 0 Å². The molecule has 0 spiro atoms. The standard InChI is InChI=1S/C17H24ClFN4O/c1-11-10-23(7-8-24-11)15(9-21-17(20)22-12-5-6-12)16-13(18)3-2-4-14(16)19/h2-4,11-12,15H,5-10H2,1H3,(H3,20,21,22). The number of ether oxygens (including phenoxy) is 1. The van der Waals surface area contributed by atoms with Crippen LogP contribution in [0.25, 0.3) is 0 Å². The molecule has 1 saturated heterocycles. The number of nitrogens with zero attached hydrogens (tertiary/aromatic N) is 2. The van der Waals surface area contributed by atoms with E-state index in [9.17, 15) is 4.39 Å². The third-order valence-electron chi connectivity index (χ3n) is 4.41. The van der Waals surface area contributed by atoms with Crippen LogP contribution in [0.4, 0.5) is 4.39 Å². The first-order valence-electron chi connectivity index (χ1n) is 8.40. The van der Waals surface area contributed by atoms with E-state index >= 15 is 0 Å². The van der Waals surface area contributed by atoms with E-state index in [1.165, 1.54) is 6.07 Å². The first-order valence-corrected chi connectivity index (χ1v) is 8.78. The number of aliphatic imine (C=N–C) groups is 1. The summed E-state index contributed by atoms with van der Waals surface area (Å²) in [5.74, 6) is 0.104. The summed E-state index contributed by atoms with van der Waals surface area (Å²) in [7, 11) is 0. The molecule has 1 aromatic carbocycles. The Kier molecular flexibility index (Phi) is 5.58. The topological polar surface area (TPSA) is 62.9 Å². The van der Waals surface area contributed by atoms with Gasteiger partial charge in [-0.15, -0.1) is 0 Å². The average molecular weight is 355 g/mol. The second kappa shape index (κ2) is 7.68. The fourth-order valence-electron chi connectivity index (χ4n) is 3.01. The van der Waals surface area contributed by atoms with Crippen molar-refractivity contribution in [2.24, 2.45) is 10.7 Å². The monoisotopic (exact) mass is 354 g/mol. The van der Waals surface area contributed by atoms with Crippen molar-refractivity contribution in [1.29, 1.82) is 0 Å². The van der Waals surface area contributed by atoms with Gasteiger partial charge in [-0.05, 0) is 31.9 Å². The fourth-order valence-corrected chi connectivity index (χ4v) is 3.30. The molecule has 1 aromatic rings. The van der Waals surface area contributed by atoms with Gasteiger partial charge in [0.15, 0.2) is 5.96 Å². The summed E-state index contributed by atoms with van der Waals surface area (Å²) in [4.78, 5) is 6.61. The minimum atomic E-state index is -0.310. The van der Waals surface area contributed by atoms with Crippen LogP contribution in [0.2, 0.25) is 5.02 Å². The molecule has 3 N–H and O–H groups in total. The zero-order valence-corrected chi connectivity index (χ0v) is 14.6. The summed E-state index contributed by atoms with van der Waals surface area (Å²) in [5.41, 5.74) is 6.43. The van der Waals surface area contributed by atoms with Crippen molar-refractivity contribution >= 4 is 17.6 Å². The van der Waals surface area contributed by atoms with E-state index in [1.807, 2.05) is 6.92 Å². The van der Waals surface area contributed by atoms with E-state index in [2.05, 4.69) is 15.2 Å². The van der Waals surface area contributed by atoms with Crippen LogP contribution >= 0.6 is 11.6 Å². The van der Waals surface area contributed by atoms with E-state index in [1.54, 1.807) is 12.1 Å². The van der Waals surface area contributed by atoms with Gasteiger partial charge in [0, 0.05) is 29.7 Å². The van der Waals surface area contributed by atoms with Crippen LogP contribution in [-0.4, -0.2) is 49.2 Å². The van der Waals surface area contributed by atoms with Gasteiger partial charge in [0.25, 0.3) is 0 Å². The zero-order chi connectivity index (χ0) is 17.1. The maximum absolute atomic E-state index is 14.5. The van der Waals surface area contributed by atoms with Crippen LogP contribution in [0.3, 0.4) is 0 Å². The van der Waals surface area contributed by atoms with Gasteiger partial charge in [0.1, 0.15) is 5.82 Å².